The maximum Gasteiger partial charge on any atom is 0.334 e. The summed E-state index contributed by atoms with van der Waals surface area (Å²) in [5, 5.41) is 22.4. The highest BCUT2D eigenvalue weighted by atomic mass is 16.4. The normalized spacial score (nSPS) is 18.2. The Labute approximate surface area is 100 Å². The Bertz CT molecular complexity index is 289. The van der Waals surface area contributed by atoms with Gasteiger partial charge >= 0.3 is 12.0 Å². The van der Waals surface area contributed by atoms with E-state index < -0.39 is 18.1 Å². The predicted octanol–water partition coefficient (Wildman–Crippen LogP) is 0.311. The minimum absolute atomic E-state index is 0.261. The zero-order valence-corrected chi connectivity index (χ0v) is 10.0. The van der Waals surface area contributed by atoms with Crippen molar-refractivity contribution in [1.82, 2.24) is 10.6 Å². The number of carboxylic acids is 1. The Morgan fingerprint density at radius 2 is 2.00 bits per heavy atom. The summed E-state index contributed by atoms with van der Waals surface area (Å²) in [6, 6.07) is -0.423. The second-order valence-electron chi connectivity index (χ2n) is 4.67. The average molecular weight is 244 g/mol. The molecule has 1 aliphatic rings. The Balaban J connectivity index is 2.15. The van der Waals surface area contributed by atoms with Gasteiger partial charge in [0.25, 0.3) is 0 Å². The molecule has 0 saturated heterocycles. The molecule has 0 radical (unpaired) electrons. The predicted molar refractivity (Wildman–Crippen MR) is 61.6 cm³/mol. The topological polar surface area (TPSA) is 98.7 Å². The Kier molecular flexibility index (Phi) is 4.74. The number of hydrogen-bond acceptors (Lipinski definition) is 3. The van der Waals surface area contributed by atoms with Crippen LogP contribution in [0.1, 0.15) is 32.6 Å². The third-order valence-corrected chi connectivity index (χ3v) is 3.10. The van der Waals surface area contributed by atoms with Gasteiger partial charge in [-0.2, -0.15) is 0 Å². The zero-order chi connectivity index (χ0) is 12.9. The number of carbonyl (C=O) groups is 2. The Morgan fingerprint density at radius 3 is 2.47 bits per heavy atom. The molecule has 1 atom stereocenters. The minimum Gasteiger partial charge on any atom is -0.479 e. The second-order valence-corrected chi connectivity index (χ2v) is 4.67. The van der Waals surface area contributed by atoms with E-state index >= 15 is 0 Å². The number of aliphatic hydroxyl groups excluding tert-OH is 1. The molecule has 1 rings (SSSR count). The first-order valence-corrected chi connectivity index (χ1v) is 5.92. The SMILES string of the molecule is CCCC1(CNC(=O)NC[C@H](O)C(=O)O)CC1. The number of carbonyl (C=O) groups excluding carboxylic acids is 1. The number of hydrogen-bond donors (Lipinski definition) is 4. The third-order valence-electron chi connectivity index (χ3n) is 3.10. The molecule has 17 heavy (non-hydrogen) atoms. The molecule has 1 saturated carbocycles. The summed E-state index contributed by atoms with van der Waals surface area (Å²) in [5.74, 6) is -1.34. The van der Waals surface area contributed by atoms with Crippen LogP contribution in [0.2, 0.25) is 0 Å². The zero-order valence-electron chi connectivity index (χ0n) is 10.0. The third kappa shape index (κ3) is 4.60. The number of urea groups is 1. The number of aliphatic carboxylic acids is 1. The van der Waals surface area contributed by atoms with Gasteiger partial charge in [-0.15, -0.1) is 0 Å². The molecule has 0 aromatic carbocycles. The molecule has 4 N–H and O–H groups in total. The lowest BCUT2D eigenvalue weighted by Crippen LogP contribution is -2.43. The van der Waals surface area contributed by atoms with E-state index in [0.29, 0.717) is 6.54 Å². The van der Waals surface area contributed by atoms with Gasteiger partial charge in [0.1, 0.15) is 0 Å². The van der Waals surface area contributed by atoms with Crippen LogP contribution in [0, 0.1) is 5.41 Å². The van der Waals surface area contributed by atoms with E-state index in [1.807, 2.05) is 0 Å². The van der Waals surface area contributed by atoms with Crippen LogP contribution in [0.4, 0.5) is 4.79 Å². The summed E-state index contributed by atoms with van der Waals surface area (Å²) >= 11 is 0. The largest absolute Gasteiger partial charge is 0.479 e. The van der Waals surface area contributed by atoms with Gasteiger partial charge in [0.15, 0.2) is 6.10 Å². The van der Waals surface area contributed by atoms with Gasteiger partial charge in [-0.05, 0) is 24.7 Å². The number of amides is 2. The fourth-order valence-electron chi connectivity index (χ4n) is 1.83. The van der Waals surface area contributed by atoms with Crippen LogP contribution >= 0.6 is 0 Å². The number of nitrogens with one attached hydrogen (secondary N) is 2. The van der Waals surface area contributed by atoms with Crippen molar-refractivity contribution in [1.29, 1.82) is 0 Å². The molecule has 0 aromatic rings. The van der Waals surface area contributed by atoms with Crippen molar-refractivity contribution in [2.75, 3.05) is 13.1 Å². The van der Waals surface area contributed by atoms with Crippen LogP contribution < -0.4 is 10.6 Å². The minimum atomic E-state index is -1.55. The van der Waals surface area contributed by atoms with E-state index in [1.165, 1.54) is 0 Å². The lowest BCUT2D eigenvalue weighted by molar-refractivity contribution is -0.146. The van der Waals surface area contributed by atoms with Crippen LogP contribution in [0.3, 0.4) is 0 Å². The van der Waals surface area contributed by atoms with Crippen LogP contribution in [0.5, 0.6) is 0 Å². The summed E-state index contributed by atoms with van der Waals surface area (Å²) in [5.41, 5.74) is 0.261. The summed E-state index contributed by atoms with van der Waals surface area (Å²) in [7, 11) is 0. The highest BCUT2D eigenvalue weighted by Gasteiger charge is 2.41. The molecule has 0 aromatic heterocycles. The molecule has 0 unspecified atom stereocenters. The molecule has 6 nitrogen and oxygen atoms in total. The molecule has 6 heteroatoms. The molecule has 2 amide bonds. The first-order valence-electron chi connectivity index (χ1n) is 5.92. The van der Waals surface area contributed by atoms with Crippen LogP contribution in [-0.4, -0.2) is 41.4 Å². The first kappa shape index (κ1) is 13.8. The molecular weight excluding hydrogens is 224 g/mol. The van der Waals surface area contributed by atoms with E-state index in [0.717, 1.165) is 25.7 Å². The Hall–Kier alpha value is -1.30. The maximum atomic E-state index is 11.3. The fourth-order valence-corrected chi connectivity index (χ4v) is 1.83. The summed E-state index contributed by atoms with van der Waals surface area (Å²) < 4.78 is 0. The summed E-state index contributed by atoms with van der Waals surface area (Å²) in [4.78, 5) is 21.6. The van der Waals surface area contributed by atoms with Crippen LogP contribution in [-0.2, 0) is 4.79 Å². The van der Waals surface area contributed by atoms with Crippen molar-refractivity contribution in [2.45, 2.75) is 38.7 Å². The molecule has 0 heterocycles. The summed E-state index contributed by atoms with van der Waals surface area (Å²) in [6.07, 6.45) is 2.93. The van der Waals surface area contributed by atoms with Gasteiger partial charge < -0.3 is 20.8 Å². The number of carboxylic acid groups (broad SMARTS) is 1. The first-order chi connectivity index (χ1) is 7.99. The van der Waals surface area contributed by atoms with Gasteiger partial charge in [-0.25, -0.2) is 9.59 Å². The molecule has 1 aliphatic carbocycles. The number of aliphatic hydroxyl groups is 1. The lowest BCUT2D eigenvalue weighted by atomic mass is 10.0. The molecule has 0 spiro atoms. The van der Waals surface area contributed by atoms with Crippen molar-refractivity contribution in [2.24, 2.45) is 5.41 Å². The Morgan fingerprint density at radius 1 is 1.35 bits per heavy atom. The molecule has 0 bridgehead atoms. The molecule has 0 aliphatic heterocycles. The van der Waals surface area contributed by atoms with Crippen molar-refractivity contribution in [3.63, 3.8) is 0 Å². The van der Waals surface area contributed by atoms with Crippen molar-refractivity contribution in [3.05, 3.63) is 0 Å². The standard InChI is InChI=1S/C11H20N2O4/c1-2-3-11(4-5-11)7-13-10(17)12-6-8(14)9(15)16/h8,14H,2-7H2,1H3,(H,15,16)(H2,12,13,17)/t8-/m0/s1. The van der Waals surface area contributed by atoms with Gasteiger partial charge in [-0.1, -0.05) is 13.3 Å². The highest BCUT2D eigenvalue weighted by molar-refractivity contribution is 5.76. The van der Waals surface area contributed by atoms with E-state index in [4.69, 9.17) is 10.2 Å². The van der Waals surface area contributed by atoms with Crippen LogP contribution in [0.15, 0.2) is 0 Å². The van der Waals surface area contributed by atoms with E-state index in [-0.39, 0.29) is 12.0 Å². The summed E-state index contributed by atoms with van der Waals surface area (Å²) in [6.45, 7) is 2.46. The van der Waals surface area contributed by atoms with Gasteiger partial charge in [0.2, 0.25) is 0 Å². The van der Waals surface area contributed by atoms with Crippen molar-refractivity contribution < 1.29 is 19.8 Å². The van der Waals surface area contributed by atoms with E-state index in [9.17, 15) is 9.59 Å². The molecule has 1 fully saturated rings. The van der Waals surface area contributed by atoms with Crippen molar-refractivity contribution >= 4 is 12.0 Å². The fraction of sp³-hybridized carbons (Fsp3) is 0.818. The van der Waals surface area contributed by atoms with Gasteiger partial charge in [0, 0.05) is 6.54 Å². The van der Waals surface area contributed by atoms with Gasteiger partial charge in [-0.3, -0.25) is 0 Å². The number of rotatable bonds is 7. The van der Waals surface area contributed by atoms with E-state index in [2.05, 4.69) is 17.6 Å². The monoisotopic (exact) mass is 244 g/mol. The molecule has 98 valence electrons. The highest BCUT2D eigenvalue weighted by Crippen LogP contribution is 2.48. The lowest BCUT2D eigenvalue weighted by Gasteiger charge is -2.15. The smallest absolute Gasteiger partial charge is 0.334 e. The van der Waals surface area contributed by atoms with Crippen LogP contribution in [0.25, 0.3) is 0 Å². The molecular formula is C11H20N2O4. The van der Waals surface area contributed by atoms with E-state index in [1.54, 1.807) is 0 Å². The van der Waals surface area contributed by atoms with Gasteiger partial charge in [0.05, 0.1) is 6.54 Å². The second kappa shape index (κ2) is 5.86. The maximum absolute atomic E-state index is 11.3. The quantitative estimate of drug-likeness (QED) is 0.518. The average Bonchev–Trinajstić information content (AvgIpc) is 3.04. The van der Waals surface area contributed by atoms with Crippen molar-refractivity contribution in [3.8, 4) is 0 Å².